The van der Waals surface area contributed by atoms with Crippen molar-refractivity contribution in [1.82, 2.24) is 23.9 Å². The van der Waals surface area contributed by atoms with Crippen LogP contribution >= 0.6 is 22.6 Å². The van der Waals surface area contributed by atoms with Gasteiger partial charge in [-0.1, -0.05) is 6.07 Å². The third-order valence-corrected chi connectivity index (χ3v) is 7.73. The van der Waals surface area contributed by atoms with Gasteiger partial charge < -0.3 is 10.6 Å². The van der Waals surface area contributed by atoms with Gasteiger partial charge in [0.2, 0.25) is 0 Å². The van der Waals surface area contributed by atoms with Gasteiger partial charge in [0.25, 0.3) is 17.0 Å². The Hall–Kier alpha value is -4.53. The second-order valence-corrected chi connectivity index (χ2v) is 11.1. The van der Waals surface area contributed by atoms with E-state index in [-0.39, 0.29) is 34.0 Å². The third-order valence-electron chi connectivity index (χ3n) is 7.06. The summed E-state index contributed by atoms with van der Waals surface area (Å²) in [5, 5.41) is 12.2. The Bertz CT molecular complexity index is 2040. The molecule has 0 atom stereocenters. The second-order valence-electron chi connectivity index (χ2n) is 9.83. The Balaban J connectivity index is 1.62. The lowest BCUT2D eigenvalue weighted by molar-refractivity contribution is 0.102. The van der Waals surface area contributed by atoms with E-state index in [1.165, 1.54) is 45.3 Å². The summed E-state index contributed by atoms with van der Waals surface area (Å²) in [5.74, 6) is -0.907. The van der Waals surface area contributed by atoms with Crippen LogP contribution in [0.1, 0.15) is 34.8 Å². The molecule has 13 heteroatoms. The highest BCUT2D eigenvalue weighted by molar-refractivity contribution is 14.1. The SMILES string of the molecule is Cc1c(=O)n(C)c(Nc2ccc(I)cc2F)c2c(=O)n(C3CC3)c(=O)n(-c3cccc(NC(=O)c4cn[nH]c4)c3)c12. The molecule has 11 nitrogen and oxygen atoms in total. The first-order valence-corrected chi connectivity index (χ1v) is 13.8. The maximum atomic E-state index is 14.9. The fourth-order valence-corrected chi connectivity index (χ4v) is 5.33. The first kappa shape index (κ1) is 26.7. The number of nitrogens with zero attached hydrogens (tertiary/aromatic N) is 4. The molecule has 1 fully saturated rings. The van der Waals surface area contributed by atoms with Gasteiger partial charge in [-0.05, 0) is 78.8 Å². The zero-order chi connectivity index (χ0) is 29.0. The van der Waals surface area contributed by atoms with Crippen molar-refractivity contribution in [2.45, 2.75) is 25.8 Å². The Morgan fingerprint density at radius 1 is 1.12 bits per heavy atom. The largest absolute Gasteiger partial charge is 0.338 e. The molecule has 0 unspecified atom stereocenters. The number of anilines is 3. The number of fused-ring (bicyclic) bond motifs is 1. The summed E-state index contributed by atoms with van der Waals surface area (Å²) in [6.45, 7) is 1.54. The zero-order valence-corrected chi connectivity index (χ0v) is 24.0. The molecule has 0 radical (unpaired) electrons. The number of H-pyrrole nitrogens is 1. The van der Waals surface area contributed by atoms with E-state index in [0.29, 0.717) is 33.4 Å². The standard InChI is InChI=1S/C28H23FIN7O4/c1-14-23-22(24(35(2)26(14)39)34-21-9-6-16(30)10-20(21)29)27(40)37(18-7-8-18)28(41)36(23)19-5-3-4-17(11-19)33-25(38)15-12-31-32-13-15/h3-6,9-13,18,34H,7-8H2,1-2H3,(H,31,32)(H,33,38). The molecule has 3 N–H and O–H groups in total. The highest BCUT2D eigenvalue weighted by Gasteiger charge is 2.31. The average Bonchev–Trinajstić information content (AvgIpc) is 3.61. The lowest BCUT2D eigenvalue weighted by atomic mass is 10.1. The topological polar surface area (TPSA) is 136 Å². The Morgan fingerprint density at radius 3 is 2.59 bits per heavy atom. The molecule has 1 saturated carbocycles. The molecule has 1 amide bonds. The molecule has 0 bridgehead atoms. The molecule has 6 rings (SSSR count). The highest BCUT2D eigenvalue weighted by atomic mass is 127. The van der Waals surface area contributed by atoms with Crippen LogP contribution in [0.15, 0.2) is 69.2 Å². The number of hydrogen-bond acceptors (Lipinski definition) is 6. The van der Waals surface area contributed by atoms with Crippen LogP contribution in [0, 0.1) is 16.3 Å². The predicted molar refractivity (Wildman–Crippen MR) is 161 cm³/mol. The van der Waals surface area contributed by atoms with E-state index in [9.17, 15) is 23.6 Å². The number of carbonyl (C=O) groups excluding carboxylic acids is 1. The number of nitrogens with one attached hydrogen (secondary N) is 3. The van der Waals surface area contributed by atoms with Crippen molar-refractivity contribution < 1.29 is 9.18 Å². The van der Waals surface area contributed by atoms with Gasteiger partial charge in [-0.25, -0.2) is 9.18 Å². The lowest BCUT2D eigenvalue weighted by Gasteiger charge is -2.21. The molecule has 0 saturated heterocycles. The summed E-state index contributed by atoms with van der Waals surface area (Å²) in [4.78, 5) is 54.0. The molecule has 3 aromatic heterocycles. The molecule has 1 aliphatic carbocycles. The van der Waals surface area contributed by atoms with Crippen LogP contribution in [0.25, 0.3) is 16.6 Å². The van der Waals surface area contributed by atoms with Gasteiger partial charge in [0.05, 0.1) is 28.7 Å². The molecule has 0 spiro atoms. The number of aryl methyl sites for hydroxylation is 1. The second kappa shape index (κ2) is 10.1. The van der Waals surface area contributed by atoms with Crippen molar-refractivity contribution in [3.05, 3.63) is 107 Å². The smallest absolute Gasteiger partial charge is 0.336 e. The number of carbonyl (C=O) groups is 1. The normalized spacial score (nSPS) is 13.0. The first-order valence-electron chi connectivity index (χ1n) is 12.7. The van der Waals surface area contributed by atoms with E-state index in [0.717, 1.165) is 0 Å². The van der Waals surface area contributed by atoms with E-state index in [4.69, 9.17) is 0 Å². The molecule has 3 heterocycles. The van der Waals surface area contributed by atoms with E-state index in [2.05, 4.69) is 20.8 Å². The van der Waals surface area contributed by atoms with E-state index < -0.39 is 28.5 Å². The van der Waals surface area contributed by atoms with Crippen LogP contribution in [0.3, 0.4) is 0 Å². The van der Waals surface area contributed by atoms with Crippen LogP contribution in [0.4, 0.5) is 21.6 Å². The van der Waals surface area contributed by atoms with Gasteiger partial charge in [0.1, 0.15) is 17.0 Å². The summed E-state index contributed by atoms with van der Waals surface area (Å²) >= 11 is 1.99. The summed E-state index contributed by atoms with van der Waals surface area (Å²) in [7, 11) is 1.49. The van der Waals surface area contributed by atoms with Gasteiger partial charge >= 0.3 is 5.69 Å². The highest BCUT2D eigenvalue weighted by Crippen LogP contribution is 2.34. The number of benzene rings is 2. The van der Waals surface area contributed by atoms with Crippen molar-refractivity contribution in [3.8, 4) is 5.69 Å². The Kier molecular flexibility index (Phi) is 6.60. The van der Waals surface area contributed by atoms with Gasteiger partial charge in [-0.2, -0.15) is 5.10 Å². The zero-order valence-electron chi connectivity index (χ0n) is 21.9. The summed E-state index contributed by atoms with van der Waals surface area (Å²) in [6, 6.07) is 10.8. The third kappa shape index (κ3) is 4.65. The van der Waals surface area contributed by atoms with Crippen molar-refractivity contribution in [2.24, 2.45) is 7.05 Å². The Labute approximate surface area is 244 Å². The molecule has 208 valence electrons. The molecule has 41 heavy (non-hydrogen) atoms. The van der Waals surface area contributed by atoms with Gasteiger partial charge in [-0.15, -0.1) is 0 Å². The maximum Gasteiger partial charge on any atom is 0.336 e. The predicted octanol–water partition coefficient (Wildman–Crippen LogP) is 3.96. The molecule has 0 aliphatic heterocycles. The minimum absolute atomic E-state index is 0.0632. The van der Waals surface area contributed by atoms with Gasteiger partial charge in [-0.3, -0.25) is 33.2 Å². The summed E-state index contributed by atoms with van der Waals surface area (Å²) in [5.41, 5.74) is -0.255. The maximum absolute atomic E-state index is 14.9. The summed E-state index contributed by atoms with van der Waals surface area (Å²) in [6.07, 6.45) is 4.14. The number of aromatic amines is 1. The van der Waals surface area contributed by atoms with Crippen LogP contribution in [0.2, 0.25) is 0 Å². The fourth-order valence-electron chi connectivity index (χ4n) is 4.87. The molecule has 1 aliphatic rings. The summed E-state index contributed by atoms with van der Waals surface area (Å²) < 4.78 is 19.3. The average molecular weight is 667 g/mol. The van der Waals surface area contributed by atoms with Crippen LogP contribution in [-0.4, -0.2) is 29.8 Å². The van der Waals surface area contributed by atoms with Gasteiger partial charge in [0.15, 0.2) is 0 Å². The number of aromatic nitrogens is 5. The lowest BCUT2D eigenvalue weighted by Crippen LogP contribution is -2.41. The molecular weight excluding hydrogens is 644 g/mol. The van der Waals surface area contributed by atoms with Crippen molar-refractivity contribution >= 4 is 56.6 Å². The van der Waals surface area contributed by atoms with E-state index >= 15 is 0 Å². The van der Waals surface area contributed by atoms with E-state index in [1.54, 1.807) is 37.3 Å². The van der Waals surface area contributed by atoms with Crippen LogP contribution in [-0.2, 0) is 7.05 Å². The number of amides is 1. The Morgan fingerprint density at radius 2 is 1.90 bits per heavy atom. The van der Waals surface area contributed by atoms with Crippen molar-refractivity contribution in [1.29, 1.82) is 0 Å². The molecule has 2 aromatic carbocycles. The van der Waals surface area contributed by atoms with Gasteiger partial charge in [0, 0.05) is 34.1 Å². The van der Waals surface area contributed by atoms with Crippen molar-refractivity contribution in [2.75, 3.05) is 10.6 Å². The van der Waals surface area contributed by atoms with Crippen LogP contribution in [0.5, 0.6) is 0 Å². The monoisotopic (exact) mass is 667 g/mol. The fraction of sp³-hybridized carbons (Fsp3) is 0.179. The molecule has 5 aromatic rings. The van der Waals surface area contributed by atoms with Crippen LogP contribution < -0.4 is 27.4 Å². The number of rotatable bonds is 6. The minimum atomic E-state index is -0.606. The van der Waals surface area contributed by atoms with Crippen molar-refractivity contribution in [3.63, 3.8) is 0 Å². The minimum Gasteiger partial charge on any atom is -0.338 e. The first-order chi connectivity index (χ1) is 19.7. The quantitative estimate of drug-likeness (QED) is 0.235. The molecular formula is C28H23FIN7O4. The number of halogens is 2. The number of hydrogen-bond donors (Lipinski definition) is 3. The number of pyridine rings is 1. The van der Waals surface area contributed by atoms with E-state index in [1.807, 2.05) is 22.6 Å².